The average molecular weight is 288 g/mol. The Morgan fingerprint density at radius 3 is 2.62 bits per heavy atom. The van der Waals surface area contributed by atoms with Crippen molar-refractivity contribution >= 4 is 28.6 Å². The Hall–Kier alpha value is -2.70. The zero-order chi connectivity index (χ0) is 15.4. The van der Waals surface area contributed by atoms with Crippen LogP contribution in [-0.2, 0) is 4.79 Å². The van der Waals surface area contributed by atoms with Crippen LogP contribution in [0.5, 0.6) is 0 Å². The molecule has 0 saturated heterocycles. The summed E-state index contributed by atoms with van der Waals surface area (Å²) in [5, 5.41) is 12.8. The summed E-state index contributed by atoms with van der Waals surface area (Å²) in [4.78, 5) is 32.1. The lowest BCUT2D eigenvalue weighted by Crippen LogP contribution is -2.24. The molecule has 0 aliphatic carbocycles. The smallest absolute Gasteiger partial charge is 0.374 e. The molecule has 7 heteroatoms. The lowest BCUT2D eigenvalue weighted by molar-refractivity contribution is -0.128. The first-order valence-electron chi connectivity index (χ1n) is 6.43. The Morgan fingerprint density at radius 1 is 1.24 bits per heavy atom. The van der Waals surface area contributed by atoms with Crippen molar-refractivity contribution in [3.63, 3.8) is 0 Å². The summed E-state index contributed by atoms with van der Waals surface area (Å²) in [6.45, 7) is 0.372. The molecule has 1 amide bonds. The highest BCUT2D eigenvalue weighted by molar-refractivity contribution is 5.93. The molecule has 0 bridgehead atoms. The number of amides is 1. The maximum atomic E-state index is 11.5. The average Bonchev–Trinajstić information content (AvgIpc) is 2.46. The molecule has 0 aliphatic rings. The van der Waals surface area contributed by atoms with Crippen molar-refractivity contribution in [2.24, 2.45) is 0 Å². The second kappa shape index (κ2) is 6.17. The first kappa shape index (κ1) is 14.7. The van der Waals surface area contributed by atoms with Gasteiger partial charge in [0.25, 0.3) is 0 Å². The Morgan fingerprint density at radius 2 is 1.95 bits per heavy atom. The number of fused-ring (bicyclic) bond motifs is 1. The molecule has 0 unspecified atom stereocenters. The van der Waals surface area contributed by atoms with E-state index in [0.29, 0.717) is 24.3 Å². The number of carbonyl (C=O) groups is 2. The van der Waals surface area contributed by atoms with E-state index in [0.717, 1.165) is 5.39 Å². The van der Waals surface area contributed by atoms with Crippen molar-refractivity contribution in [3.05, 3.63) is 30.1 Å². The number of carboxylic acid groups (broad SMARTS) is 1. The number of nitrogens with one attached hydrogen (secondary N) is 1. The van der Waals surface area contributed by atoms with Crippen LogP contribution in [0.4, 0.5) is 5.82 Å². The maximum Gasteiger partial charge on any atom is 0.374 e. The lowest BCUT2D eigenvalue weighted by atomic mass is 10.2. The Balaban J connectivity index is 2.25. The molecule has 1 aromatic carbocycles. The molecule has 0 fully saturated rings. The van der Waals surface area contributed by atoms with Gasteiger partial charge in [0, 0.05) is 32.4 Å². The minimum Gasteiger partial charge on any atom is -0.475 e. The van der Waals surface area contributed by atoms with Gasteiger partial charge < -0.3 is 15.3 Å². The number of rotatable bonds is 5. The largest absolute Gasteiger partial charge is 0.475 e. The standard InChI is InChI=1S/C14H16N4O3/c1-18(2)11(19)7-8-15-12-9-5-3-4-6-10(9)16-13(17-12)14(20)21/h3-6H,7-8H2,1-2H3,(H,20,21)(H,15,16,17). The van der Waals surface area contributed by atoms with Crippen molar-refractivity contribution < 1.29 is 14.7 Å². The predicted octanol–water partition coefficient (Wildman–Crippen LogP) is 1.22. The van der Waals surface area contributed by atoms with Gasteiger partial charge in [-0.2, -0.15) is 0 Å². The van der Waals surface area contributed by atoms with Gasteiger partial charge in [-0.1, -0.05) is 12.1 Å². The Bertz CT molecular complexity index is 685. The minimum absolute atomic E-state index is 0.0145. The van der Waals surface area contributed by atoms with Gasteiger partial charge in [-0.05, 0) is 12.1 Å². The van der Waals surface area contributed by atoms with Crippen LogP contribution in [0.1, 0.15) is 17.0 Å². The minimum atomic E-state index is -1.19. The maximum absolute atomic E-state index is 11.5. The quantitative estimate of drug-likeness (QED) is 0.859. The summed E-state index contributed by atoms with van der Waals surface area (Å²) in [6.07, 6.45) is 0.299. The molecule has 0 atom stereocenters. The molecule has 0 saturated carbocycles. The molecule has 1 aromatic heterocycles. The zero-order valence-electron chi connectivity index (χ0n) is 11.8. The van der Waals surface area contributed by atoms with E-state index in [4.69, 9.17) is 5.11 Å². The van der Waals surface area contributed by atoms with Crippen LogP contribution in [0.25, 0.3) is 10.9 Å². The SMILES string of the molecule is CN(C)C(=O)CCNc1nc(C(=O)O)nc2ccccc12. The fourth-order valence-corrected chi connectivity index (χ4v) is 1.82. The summed E-state index contributed by atoms with van der Waals surface area (Å²) in [5.41, 5.74) is 0.548. The number of aromatic nitrogens is 2. The van der Waals surface area contributed by atoms with Crippen LogP contribution in [0.15, 0.2) is 24.3 Å². The molecule has 21 heavy (non-hydrogen) atoms. The van der Waals surface area contributed by atoms with Crippen LogP contribution in [0, 0.1) is 0 Å². The highest BCUT2D eigenvalue weighted by Crippen LogP contribution is 2.20. The van der Waals surface area contributed by atoms with E-state index < -0.39 is 5.97 Å². The van der Waals surface area contributed by atoms with E-state index >= 15 is 0 Å². The third kappa shape index (κ3) is 3.44. The second-order valence-electron chi connectivity index (χ2n) is 4.68. The zero-order valence-corrected chi connectivity index (χ0v) is 11.8. The second-order valence-corrected chi connectivity index (χ2v) is 4.68. The van der Waals surface area contributed by atoms with Crippen LogP contribution in [0.2, 0.25) is 0 Å². The molecule has 0 radical (unpaired) electrons. The third-order valence-electron chi connectivity index (χ3n) is 2.92. The van der Waals surface area contributed by atoms with E-state index in [2.05, 4.69) is 15.3 Å². The van der Waals surface area contributed by atoms with Gasteiger partial charge in [-0.25, -0.2) is 14.8 Å². The molecular weight excluding hydrogens is 272 g/mol. The first-order valence-corrected chi connectivity index (χ1v) is 6.43. The van der Waals surface area contributed by atoms with Gasteiger partial charge in [0.1, 0.15) is 5.82 Å². The van der Waals surface area contributed by atoms with Gasteiger partial charge in [0.2, 0.25) is 11.7 Å². The summed E-state index contributed by atoms with van der Waals surface area (Å²) < 4.78 is 0. The fourth-order valence-electron chi connectivity index (χ4n) is 1.82. The molecule has 1 heterocycles. The van der Waals surface area contributed by atoms with Crippen molar-refractivity contribution in [1.82, 2.24) is 14.9 Å². The van der Waals surface area contributed by atoms with Crippen molar-refractivity contribution in [1.29, 1.82) is 0 Å². The van der Waals surface area contributed by atoms with Gasteiger partial charge in [-0.3, -0.25) is 4.79 Å². The van der Waals surface area contributed by atoms with Crippen LogP contribution in [-0.4, -0.2) is 52.5 Å². The van der Waals surface area contributed by atoms with E-state index in [1.54, 1.807) is 32.3 Å². The number of aromatic carboxylic acids is 1. The summed E-state index contributed by atoms with van der Waals surface area (Å²) >= 11 is 0. The van der Waals surface area contributed by atoms with Crippen molar-refractivity contribution in [2.75, 3.05) is 26.0 Å². The normalized spacial score (nSPS) is 10.4. The van der Waals surface area contributed by atoms with Gasteiger partial charge in [0.05, 0.1) is 5.52 Å². The van der Waals surface area contributed by atoms with Gasteiger partial charge >= 0.3 is 5.97 Å². The highest BCUT2D eigenvalue weighted by atomic mass is 16.4. The monoisotopic (exact) mass is 288 g/mol. The predicted molar refractivity (Wildman–Crippen MR) is 78.3 cm³/mol. The summed E-state index contributed by atoms with van der Waals surface area (Å²) in [6, 6.07) is 7.12. The van der Waals surface area contributed by atoms with Crippen LogP contribution < -0.4 is 5.32 Å². The molecule has 110 valence electrons. The van der Waals surface area contributed by atoms with Gasteiger partial charge in [-0.15, -0.1) is 0 Å². The molecule has 0 aliphatic heterocycles. The molecule has 0 spiro atoms. The van der Waals surface area contributed by atoms with Crippen LogP contribution in [0.3, 0.4) is 0 Å². The van der Waals surface area contributed by atoms with E-state index in [-0.39, 0.29) is 11.7 Å². The first-order chi connectivity index (χ1) is 9.99. The number of hydrogen-bond donors (Lipinski definition) is 2. The molecular formula is C14H16N4O3. The van der Waals surface area contributed by atoms with E-state index in [1.165, 1.54) is 4.90 Å². The number of carboxylic acids is 1. The number of hydrogen-bond acceptors (Lipinski definition) is 5. The lowest BCUT2D eigenvalue weighted by Gasteiger charge is -2.12. The number of nitrogens with zero attached hydrogens (tertiary/aromatic N) is 3. The number of anilines is 1. The summed E-state index contributed by atoms with van der Waals surface area (Å²) in [5.74, 6) is -1.05. The summed E-state index contributed by atoms with van der Waals surface area (Å²) in [7, 11) is 3.37. The number of para-hydroxylation sites is 1. The van der Waals surface area contributed by atoms with Gasteiger partial charge in [0.15, 0.2) is 0 Å². The van der Waals surface area contributed by atoms with E-state index in [9.17, 15) is 9.59 Å². The third-order valence-corrected chi connectivity index (χ3v) is 2.92. The molecule has 2 aromatic rings. The topological polar surface area (TPSA) is 95.4 Å². The van der Waals surface area contributed by atoms with Crippen molar-refractivity contribution in [2.45, 2.75) is 6.42 Å². The fraction of sp³-hybridized carbons (Fsp3) is 0.286. The van der Waals surface area contributed by atoms with Crippen LogP contribution >= 0.6 is 0 Å². The van der Waals surface area contributed by atoms with Crippen molar-refractivity contribution in [3.8, 4) is 0 Å². The highest BCUT2D eigenvalue weighted by Gasteiger charge is 2.12. The molecule has 7 nitrogen and oxygen atoms in total. The Kier molecular flexibility index (Phi) is 4.32. The molecule has 2 N–H and O–H groups in total. The molecule has 2 rings (SSSR count). The van der Waals surface area contributed by atoms with E-state index in [1.807, 2.05) is 6.07 Å². The Labute approximate surface area is 121 Å². The number of carbonyl (C=O) groups excluding carboxylic acids is 1. The number of benzene rings is 1.